The molecule has 0 bridgehead atoms. The van der Waals surface area contributed by atoms with Crippen LogP contribution in [0.2, 0.25) is 0 Å². The first-order valence-corrected chi connectivity index (χ1v) is 11.9. The predicted molar refractivity (Wildman–Crippen MR) is 129 cm³/mol. The quantitative estimate of drug-likeness (QED) is 0.722. The Morgan fingerprint density at radius 1 is 1.06 bits per heavy atom. The molecule has 2 aliphatic rings. The number of benzene rings is 1. The van der Waals surface area contributed by atoms with Crippen LogP contribution in [0.1, 0.15) is 63.6 Å². The molecular formula is C27H39N3O. The van der Waals surface area contributed by atoms with Gasteiger partial charge in [-0.25, -0.2) is 0 Å². The summed E-state index contributed by atoms with van der Waals surface area (Å²) in [6.07, 6.45) is 5.06. The predicted octanol–water partition coefficient (Wildman–Crippen LogP) is 4.87. The van der Waals surface area contributed by atoms with Gasteiger partial charge in [-0.2, -0.15) is 0 Å². The Morgan fingerprint density at radius 2 is 1.74 bits per heavy atom. The molecule has 2 aliphatic heterocycles. The fraction of sp³-hybridized carbons (Fsp3) is 0.593. The van der Waals surface area contributed by atoms with E-state index in [1.807, 2.05) is 12.4 Å². The molecule has 2 saturated heterocycles. The average molecular weight is 422 g/mol. The molecule has 4 nitrogen and oxygen atoms in total. The van der Waals surface area contributed by atoms with Crippen molar-refractivity contribution in [3.8, 4) is 0 Å². The molecular weight excluding hydrogens is 382 g/mol. The molecule has 4 heteroatoms. The Kier molecular flexibility index (Phi) is 5.91. The molecule has 0 radical (unpaired) electrons. The second-order valence-electron chi connectivity index (χ2n) is 10.9. The highest BCUT2D eigenvalue weighted by atomic mass is 16.3. The molecule has 2 unspecified atom stereocenters. The van der Waals surface area contributed by atoms with Crippen LogP contribution < -0.4 is 4.90 Å². The van der Waals surface area contributed by atoms with Gasteiger partial charge in [-0.1, -0.05) is 58.9 Å². The maximum atomic E-state index is 12.4. The monoisotopic (exact) mass is 421 g/mol. The van der Waals surface area contributed by atoms with E-state index in [0.29, 0.717) is 11.8 Å². The number of likely N-dealkylation sites (tertiary alicyclic amines) is 1. The molecule has 0 aliphatic carbocycles. The van der Waals surface area contributed by atoms with Gasteiger partial charge in [0.25, 0.3) is 0 Å². The first-order chi connectivity index (χ1) is 14.6. The van der Waals surface area contributed by atoms with Gasteiger partial charge in [-0.15, -0.1) is 0 Å². The van der Waals surface area contributed by atoms with Gasteiger partial charge in [-0.3, -0.25) is 4.98 Å². The smallest absolute Gasteiger partial charge is 0.124 e. The minimum atomic E-state index is -1.07. The lowest BCUT2D eigenvalue weighted by atomic mass is 9.62. The maximum Gasteiger partial charge on any atom is 0.124 e. The average Bonchev–Trinajstić information content (AvgIpc) is 3.23. The SMILES string of the molecule is CC(C)c1ccc(C(O)(c2cncc(N3CCC(C(C)C)C3)c2)C2(C)CN(C)C2)cc1. The first-order valence-electron chi connectivity index (χ1n) is 11.9. The van der Waals surface area contributed by atoms with Crippen molar-refractivity contribution in [1.82, 2.24) is 9.88 Å². The zero-order valence-corrected chi connectivity index (χ0v) is 20.1. The number of aromatic nitrogens is 1. The number of rotatable bonds is 6. The van der Waals surface area contributed by atoms with Crippen molar-refractivity contribution in [3.05, 3.63) is 59.4 Å². The summed E-state index contributed by atoms with van der Waals surface area (Å²) in [6.45, 7) is 15.1. The molecule has 1 aromatic heterocycles. The first kappa shape index (κ1) is 22.3. The standard InChI is InChI=1S/C27H39N3O/c1-19(2)21-7-9-23(10-8-21)27(31,26(5)17-29(6)18-26)24-13-25(15-28-14-24)30-12-11-22(16-30)20(3)4/h7-10,13-15,19-20,22,31H,11-12,16-18H2,1-6H3. The van der Waals surface area contributed by atoms with Crippen LogP contribution >= 0.6 is 0 Å². The second kappa shape index (κ2) is 8.22. The summed E-state index contributed by atoms with van der Waals surface area (Å²) in [5.74, 6) is 1.90. The second-order valence-corrected chi connectivity index (χ2v) is 10.9. The molecule has 2 aromatic rings. The van der Waals surface area contributed by atoms with Gasteiger partial charge in [0.2, 0.25) is 0 Å². The van der Waals surface area contributed by atoms with Crippen LogP contribution in [0.3, 0.4) is 0 Å². The molecule has 0 saturated carbocycles. The van der Waals surface area contributed by atoms with Gasteiger partial charge in [-0.05, 0) is 48.4 Å². The summed E-state index contributed by atoms with van der Waals surface area (Å²) in [7, 11) is 2.12. The fourth-order valence-electron chi connectivity index (χ4n) is 5.71. The van der Waals surface area contributed by atoms with Gasteiger partial charge in [0.1, 0.15) is 5.60 Å². The summed E-state index contributed by atoms with van der Waals surface area (Å²) in [5, 5.41) is 12.4. The molecule has 31 heavy (non-hydrogen) atoms. The summed E-state index contributed by atoms with van der Waals surface area (Å²) in [6, 6.07) is 10.8. The third kappa shape index (κ3) is 3.89. The Balaban J connectivity index is 1.73. The van der Waals surface area contributed by atoms with Crippen LogP contribution in [0.25, 0.3) is 0 Å². The number of hydrogen-bond donors (Lipinski definition) is 1. The number of anilines is 1. The van der Waals surface area contributed by atoms with Crippen molar-refractivity contribution in [2.75, 3.05) is 38.1 Å². The zero-order valence-electron chi connectivity index (χ0n) is 20.1. The molecule has 0 amide bonds. The lowest BCUT2D eigenvalue weighted by Crippen LogP contribution is -2.63. The minimum absolute atomic E-state index is 0.257. The van der Waals surface area contributed by atoms with Gasteiger partial charge >= 0.3 is 0 Å². The van der Waals surface area contributed by atoms with E-state index in [2.05, 4.69) is 86.8 Å². The molecule has 1 N–H and O–H groups in total. The van der Waals surface area contributed by atoms with Crippen molar-refractivity contribution in [1.29, 1.82) is 0 Å². The van der Waals surface area contributed by atoms with E-state index >= 15 is 0 Å². The Bertz CT molecular complexity index is 901. The summed E-state index contributed by atoms with van der Waals surface area (Å²) >= 11 is 0. The van der Waals surface area contributed by atoms with Crippen molar-refractivity contribution in [2.45, 2.75) is 52.6 Å². The number of nitrogens with zero attached hydrogens (tertiary/aromatic N) is 3. The highest BCUT2D eigenvalue weighted by Gasteiger charge is 2.55. The normalized spacial score (nSPS) is 23.3. The molecule has 0 spiro atoms. The minimum Gasteiger partial charge on any atom is -0.380 e. The van der Waals surface area contributed by atoms with E-state index in [0.717, 1.165) is 48.9 Å². The summed E-state index contributed by atoms with van der Waals surface area (Å²) in [4.78, 5) is 9.33. The topological polar surface area (TPSA) is 39.6 Å². The third-order valence-electron chi connectivity index (χ3n) is 7.78. The largest absolute Gasteiger partial charge is 0.380 e. The van der Waals surface area contributed by atoms with Gasteiger partial charge in [0.15, 0.2) is 0 Å². The van der Waals surface area contributed by atoms with Gasteiger partial charge in [0.05, 0.1) is 11.9 Å². The van der Waals surface area contributed by atoms with Crippen LogP contribution in [0.5, 0.6) is 0 Å². The van der Waals surface area contributed by atoms with Crippen LogP contribution in [0, 0.1) is 17.3 Å². The summed E-state index contributed by atoms with van der Waals surface area (Å²) < 4.78 is 0. The van der Waals surface area contributed by atoms with E-state index < -0.39 is 5.60 Å². The Morgan fingerprint density at radius 3 is 2.29 bits per heavy atom. The molecule has 168 valence electrons. The molecule has 2 fully saturated rings. The number of aliphatic hydroxyl groups is 1. The highest BCUT2D eigenvalue weighted by molar-refractivity contribution is 5.51. The van der Waals surface area contributed by atoms with E-state index in [1.54, 1.807) is 0 Å². The highest BCUT2D eigenvalue weighted by Crippen LogP contribution is 2.50. The van der Waals surface area contributed by atoms with Crippen molar-refractivity contribution in [3.63, 3.8) is 0 Å². The molecule has 2 atom stereocenters. The van der Waals surface area contributed by atoms with Crippen LogP contribution in [0.15, 0.2) is 42.7 Å². The van der Waals surface area contributed by atoms with Crippen LogP contribution in [0.4, 0.5) is 5.69 Å². The van der Waals surface area contributed by atoms with E-state index in [1.165, 1.54) is 12.0 Å². The van der Waals surface area contributed by atoms with Gasteiger partial charge < -0.3 is 14.9 Å². The van der Waals surface area contributed by atoms with Crippen molar-refractivity contribution in [2.24, 2.45) is 17.3 Å². The third-order valence-corrected chi connectivity index (χ3v) is 7.78. The molecule has 1 aromatic carbocycles. The van der Waals surface area contributed by atoms with E-state index in [9.17, 15) is 5.11 Å². The molecule has 3 heterocycles. The summed E-state index contributed by atoms with van der Waals surface area (Å²) in [5.41, 5.74) is 2.97. The van der Waals surface area contributed by atoms with E-state index in [4.69, 9.17) is 0 Å². The lowest BCUT2D eigenvalue weighted by molar-refractivity contribution is -0.127. The number of pyridine rings is 1. The van der Waals surface area contributed by atoms with Crippen molar-refractivity contribution >= 4 is 5.69 Å². The molecule has 4 rings (SSSR count). The number of hydrogen-bond acceptors (Lipinski definition) is 4. The van der Waals surface area contributed by atoms with Crippen LogP contribution in [-0.4, -0.2) is 48.2 Å². The van der Waals surface area contributed by atoms with Crippen LogP contribution in [-0.2, 0) is 5.60 Å². The maximum absolute atomic E-state index is 12.4. The Hall–Kier alpha value is -1.91. The van der Waals surface area contributed by atoms with Crippen molar-refractivity contribution < 1.29 is 5.11 Å². The lowest BCUT2D eigenvalue weighted by Gasteiger charge is -2.56. The fourth-order valence-corrected chi connectivity index (χ4v) is 5.71. The van der Waals surface area contributed by atoms with Gasteiger partial charge in [0, 0.05) is 43.4 Å². The van der Waals surface area contributed by atoms with E-state index in [-0.39, 0.29) is 5.41 Å². The Labute approximate surface area is 188 Å². The zero-order chi connectivity index (χ0) is 22.4.